The van der Waals surface area contributed by atoms with Crippen LogP contribution in [0.1, 0.15) is 71.1 Å². The van der Waals surface area contributed by atoms with E-state index in [2.05, 4.69) is 6.92 Å². The van der Waals surface area contributed by atoms with Gasteiger partial charge in [0.25, 0.3) is 5.12 Å². The van der Waals surface area contributed by atoms with E-state index in [4.69, 9.17) is 4.18 Å². The molecule has 0 unspecified atom stereocenters. The van der Waals surface area contributed by atoms with Crippen LogP contribution in [0, 0.1) is 0 Å². The van der Waals surface area contributed by atoms with Crippen LogP contribution in [0.2, 0.25) is 0 Å². The van der Waals surface area contributed by atoms with Gasteiger partial charge < -0.3 is 4.18 Å². The second-order valence-electron chi connectivity index (χ2n) is 5.80. The Morgan fingerprint density at radius 2 is 1.39 bits per heavy atom. The zero-order valence-corrected chi connectivity index (χ0v) is 14.8. The Morgan fingerprint density at radius 3 is 1.96 bits per heavy atom. The predicted octanol–water partition coefficient (Wildman–Crippen LogP) is 4.84. The molecule has 0 aromatic heterocycles. The van der Waals surface area contributed by atoms with E-state index in [1.165, 1.54) is 44.2 Å². The molecule has 0 spiro atoms. The van der Waals surface area contributed by atoms with E-state index >= 15 is 0 Å². The van der Waals surface area contributed by atoms with Crippen LogP contribution in [-0.2, 0) is 14.9 Å². The van der Waals surface area contributed by atoms with E-state index in [0.717, 1.165) is 19.3 Å². The molecule has 0 aliphatic heterocycles. The zero-order chi connectivity index (χ0) is 17.0. The molecule has 1 aromatic carbocycles. The number of hydrogen-bond donors (Lipinski definition) is 0. The van der Waals surface area contributed by atoms with Crippen LogP contribution < -0.4 is 4.18 Å². The Balaban J connectivity index is 2.15. The Hall–Kier alpha value is -1.36. The molecule has 5 heteroatoms. The SMILES string of the molecule is CCCCCCCCCCCC(=O)S(=O)(=O)Oc1ccccc1. The van der Waals surface area contributed by atoms with E-state index in [0.29, 0.717) is 6.42 Å². The van der Waals surface area contributed by atoms with Crippen molar-refractivity contribution in [1.82, 2.24) is 0 Å². The lowest BCUT2D eigenvalue weighted by Crippen LogP contribution is -2.20. The summed E-state index contributed by atoms with van der Waals surface area (Å²) in [6.45, 7) is 2.20. The van der Waals surface area contributed by atoms with Gasteiger partial charge in [0.1, 0.15) is 5.75 Å². The Bertz CT molecular complexity index is 537. The Morgan fingerprint density at radius 1 is 0.870 bits per heavy atom. The molecule has 1 rings (SSSR count). The fourth-order valence-corrected chi connectivity index (χ4v) is 3.21. The maximum atomic E-state index is 11.8. The zero-order valence-electron chi connectivity index (χ0n) is 14.0. The fraction of sp³-hybridized carbons (Fsp3) is 0.611. The van der Waals surface area contributed by atoms with E-state index in [-0.39, 0.29) is 12.2 Å². The molecule has 130 valence electrons. The average molecular weight is 340 g/mol. The fourth-order valence-electron chi connectivity index (χ4n) is 2.35. The molecule has 0 saturated carbocycles. The summed E-state index contributed by atoms with van der Waals surface area (Å²) in [5.41, 5.74) is 0. The highest BCUT2D eigenvalue weighted by Crippen LogP contribution is 2.15. The van der Waals surface area contributed by atoms with Crippen LogP contribution in [0.25, 0.3) is 0 Å². The molecule has 23 heavy (non-hydrogen) atoms. The summed E-state index contributed by atoms with van der Waals surface area (Å²) in [7, 11) is -4.16. The third-order valence-electron chi connectivity index (χ3n) is 3.71. The highest BCUT2D eigenvalue weighted by Gasteiger charge is 2.23. The molecule has 0 radical (unpaired) electrons. The van der Waals surface area contributed by atoms with Gasteiger partial charge in [-0.25, -0.2) is 0 Å². The van der Waals surface area contributed by atoms with E-state index < -0.39 is 15.2 Å². The minimum absolute atomic E-state index is 0.0327. The second-order valence-corrected chi connectivity index (χ2v) is 7.33. The Labute approximate surface area is 140 Å². The minimum atomic E-state index is -4.16. The molecular weight excluding hydrogens is 312 g/mol. The smallest absolute Gasteiger partial charge is 0.373 e. The summed E-state index contributed by atoms with van der Waals surface area (Å²) >= 11 is 0. The third-order valence-corrected chi connectivity index (χ3v) is 4.89. The van der Waals surface area contributed by atoms with Crippen molar-refractivity contribution in [2.24, 2.45) is 0 Å². The van der Waals surface area contributed by atoms with Gasteiger partial charge in [0.2, 0.25) is 0 Å². The molecule has 0 bridgehead atoms. The molecule has 0 saturated heterocycles. The number of unbranched alkanes of at least 4 members (excludes halogenated alkanes) is 8. The van der Waals surface area contributed by atoms with Crippen molar-refractivity contribution in [3.05, 3.63) is 30.3 Å². The number of carbonyl (C=O) groups is 1. The van der Waals surface area contributed by atoms with Crippen LogP contribution in [0.3, 0.4) is 0 Å². The molecule has 0 N–H and O–H groups in total. The monoisotopic (exact) mass is 340 g/mol. The first kappa shape index (κ1) is 19.7. The van der Waals surface area contributed by atoms with Gasteiger partial charge in [0.05, 0.1) is 0 Å². The lowest BCUT2D eigenvalue weighted by atomic mass is 10.1. The van der Waals surface area contributed by atoms with E-state index in [1.54, 1.807) is 18.2 Å². The number of carbonyl (C=O) groups excluding carboxylic acids is 1. The van der Waals surface area contributed by atoms with Gasteiger partial charge in [-0.2, -0.15) is 8.42 Å². The molecule has 0 amide bonds. The molecular formula is C18H28O4S. The first-order chi connectivity index (χ1) is 11.1. The predicted molar refractivity (Wildman–Crippen MR) is 92.8 cm³/mol. The van der Waals surface area contributed by atoms with Crippen LogP contribution in [0.15, 0.2) is 30.3 Å². The quantitative estimate of drug-likeness (QED) is 0.403. The average Bonchev–Trinajstić information content (AvgIpc) is 2.53. The summed E-state index contributed by atoms with van der Waals surface area (Å²) in [6.07, 6.45) is 10.1. The Kier molecular flexibility index (Phi) is 9.60. The number of rotatable bonds is 12. The van der Waals surface area contributed by atoms with Gasteiger partial charge >= 0.3 is 10.1 Å². The molecule has 0 fully saturated rings. The van der Waals surface area contributed by atoms with Gasteiger partial charge in [0.15, 0.2) is 0 Å². The van der Waals surface area contributed by atoms with Crippen molar-refractivity contribution < 1.29 is 17.4 Å². The number of para-hydroxylation sites is 1. The molecule has 1 aromatic rings. The van der Waals surface area contributed by atoms with Gasteiger partial charge in [-0.15, -0.1) is 0 Å². The van der Waals surface area contributed by atoms with Gasteiger partial charge in [0, 0.05) is 6.42 Å². The summed E-state index contributed by atoms with van der Waals surface area (Å²) in [6, 6.07) is 8.11. The van der Waals surface area contributed by atoms with Crippen LogP contribution in [0.4, 0.5) is 0 Å². The first-order valence-electron chi connectivity index (χ1n) is 8.58. The van der Waals surface area contributed by atoms with Crippen molar-refractivity contribution >= 4 is 15.2 Å². The summed E-state index contributed by atoms with van der Waals surface area (Å²) in [5, 5.41) is -0.829. The van der Waals surface area contributed by atoms with Gasteiger partial charge in [-0.05, 0) is 18.6 Å². The maximum absolute atomic E-state index is 11.8. The molecule has 0 aliphatic rings. The first-order valence-corrected chi connectivity index (χ1v) is 9.99. The van der Waals surface area contributed by atoms with Crippen LogP contribution in [-0.4, -0.2) is 13.5 Å². The van der Waals surface area contributed by atoms with Crippen molar-refractivity contribution in [2.45, 2.75) is 71.1 Å². The largest absolute Gasteiger partial charge is 0.377 e. The molecule has 0 heterocycles. The van der Waals surface area contributed by atoms with Crippen molar-refractivity contribution in [3.63, 3.8) is 0 Å². The molecule has 4 nitrogen and oxygen atoms in total. The lowest BCUT2D eigenvalue weighted by Gasteiger charge is -2.06. The summed E-state index contributed by atoms with van der Waals surface area (Å²) in [5.74, 6) is 0.174. The van der Waals surface area contributed by atoms with Gasteiger partial charge in [-0.1, -0.05) is 76.5 Å². The topological polar surface area (TPSA) is 60.4 Å². The summed E-state index contributed by atoms with van der Waals surface area (Å²) < 4.78 is 28.4. The normalized spacial score (nSPS) is 11.3. The standard InChI is InChI=1S/C18H28O4S/c1-2-3-4-5-6-7-8-9-13-16-18(19)23(20,21)22-17-14-11-10-12-15-17/h10-12,14-15H,2-9,13,16H2,1H3. The highest BCUT2D eigenvalue weighted by atomic mass is 32.2. The van der Waals surface area contributed by atoms with Crippen molar-refractivity contribution in [3.8, 4) is 5.75 Å². The van der Waals surface area contributed by atoms with E-state index in [9.17, 15) is 13.2 Å². The lowest BCUT2D eigenvalue weighted by molar-refractivity contribution is -0.112. The summed E-state index contributed by atoms with van der Waals surface area (Å²) in [4.78, 5) is 11.8. The van der Waals surface area contributed by atoms with Crippen molar-refractivity contribution in [2.75, 3.05) is 0 Å². The van der Waals surface area contributed by atoms with Crippen LogP contribution in [0.5, 0.6) is 5.75 Å². The minimum Gasteiger partial charge on any atom is -0.377 e. The molecule has 0 atom stereocenters. The van der Waals surface area contributed by atoms with Gasteiger partial charge in [-0.3, -0.25) is 4.79 Å². The number of benzene rings is 1. The maximum Gasteiger partial charge on any atom is 0.373 e. The third kappa shape index (κ3) is 8.74. The molecule has 0 aliphatic carbocycles. The van der Waals surface area contributed by atoms with Crippen molar-refractivity contribution in [1.29, 1.82) is 0 Å². The van der Waals surface area contributed by atoms with E-state index in [1.807, 2.05) is 0 Å². The number of hydrogen-bond acceptors (Lipinski definition) is 4. The highest BCUT2D eigenvalue weighted by molar-refractivity contribution is 8.02. The second kappa shape index (κ2) is 11.2. The van der Waals surface area contributed by atoms with Crippen LogP contribution >= 0.6 is 0 Å².